The van der Waals surface area contributed by atoms with Crippen LogP contribution in [0, 0.1) is 11.3 Å². The fourth-order valence-electron chi connectivity index (χ4n) is 2.10. The molecule has 4 nitrogen and oxygen atoms in total. The van der Waals surface area contributed by atoms with E-state index >= 15 is 0 Å². The molecule has 0 aromatic heterocycles. The van der Waals surface area contributed by atoms with Crippen molar-refractivity contribution in [2.24, 2.45) is 0 Å². The molecule has 1 N–H and O–H groups in total. The molecule has 0 saturated heterocycles. The number of hydrogen-bond acceptors (Lipinski definition) is 4. The summed E-state index contributed by atoms with van der Waals surface area (Å²) in [6.45, 7) is 4.37. The van der Waals surface area contributed by atoms with E-state index in [4.69, 9.17) is 10.00 Å². The van der Waals surface area contributed by atoms with Crippen molar-refractivity contribution in [1.82, 2.24) is 10.2 Å². The average Bonchev–Trinajstić information content (AvgIpc) is 2.73. The van der Waals surface area contributed by atoms with Crippen LogP contribution in [0.4, 0.5) is 0 Å². The van der Waals surface area contributed by atoms with Gasteiger partial charge in [0.2, 0.25) is 0 Å². The third-order valence-electron chi connectivity index (χ3n) is 2.88. The van der Waals surface area contributed by atoms with Gasteiger partial charge < -0.3 is 10.1 Å². The van der Waals surface area contributed by atoms with E-state index in [1.54, 1.807) is 7.11 Å². The first-order chi connectivity index (χ1) is 6.85. The molecule has 0 aromatic rings. The van der Waals surface area contributed by atoms with Crippen molar-refractivity contribution >= 4 is 0 Å². The fourth-order valence-corrected chi connectivity index (χ4v) is 2.10. The normalized spacial score (nSPS) is 23.7. The fraction of sp³-hybridized carbons (Fsp3) is 0.700. The molecule has 76 valence electrons. The van der Waals surface area contributed by atoms with Gasteiger partial charge in [0.05, 0.1) is 12.7 Å². The van der Waals surface area contributed by atoms with Gasteiger partial charge in [-0.2, -0.15) is 5.26 Å². The molecule has 0 amide bonds. The first-order valence-electron chi connectivity index (χ1n) is 4.88. The molecule has 2 rings (SSSR count). The Kier molecular flexibility index (Phi) is 2.82. The van der Waals surface area contributed by atoms with Gasteiger partial charge in [-0.15, -0.1) is 0 Å². The molecule has 0 fully saturated rings. The minimum atomic E-state index is -0.0920. The SMILES string of the molecule is COCC(C#N)N1CC2=C(CNC2)C1. The molecular weight excluding hydrogens is 178 g/mol. The number of rotatable bonds is 3. The average molecular weight is 193 g/mol. The summed E-state index contributed by atoms with van der Waals surface area (Å²) < 4.78 is 5.03. The molecule has 0 bridgehead atoms. The second-order valence-corrected chi connectivity index (χ2v) is 3.82. The van der Waals surface area contributed by atoms with Gasteiger partial charge in [-0.25, -0.2) is 0 Å². The molecule has 0 radical (unpaired) electrons. The topological polar surface area (TPSA) is 48.3 Å². The number of methoxy groups -OCH3 is 1. The van der Waals surface area contributed by atoms with Crippen LogP contribution >= 0.6 is 0 Å². The first-order valence-corrected chi connectivity index (χ1v) is 4.88. The molecule has 0 aromatic carbocycles. The molecule has 14 heavy (non-hydrogen) atoms. The third-order valence-corrected chi connectivity index (χ3v) is 2.88. The molecule has 2 aliphatic heterocycles. The van der Waals surface area contributed by atoms with E-state index < -0.39 is 0 Å². The van der Waals surface area contributed by atoms with E-state index in [1.165, 1.54) is 11.1 Å². The zero-order valence-electron chi connectivity index (χ0n) is 8.42. The highest BCUT2D eigenvalue weighted by molar-refractivity contribution is 5.30. The Morgan fingerprint density at radius 2 is 2.14 bits per heavy atom. The van der Waals surface area contributed by atoms with Crippen molar-refractivity contribution in [3.63, 3.8) is 0 Å². The summed E-state index contributed by atoms with van der Waals surface area (Å²) >= 11 is 0. The van der Waals surface area contributed by atoms with Crippen LogP contribution < -0.4 is 5.32 Å². The highest BCUT2D eigenvalue weighted by atomic mass is 16.5. The van der Waals surface area contributed by atoms with Gasteiger partial charge in [-0.05, 0) is 11.1 Å². The Bertz CT molecular complexity index is 276. The smallest absolute Gasteiger partial charge is 0.122 e. The lowest BCUT2D eigenvalue weighted by Gasteiger charge is -2.22. The van der Waals surface area contributed by atoms with E-state index in [0.717, 1.165) is 26.2 Å². The highest BCUT2D eigenvalue weighted by Gasteiger charge is 2.29. The molecule has 1 atom stereocenters. The lowest BCUT2D eigenvalue weighted by Crippen LogP contribution is -2.38. The Hall–Kier alpha value is -0.890. The number of nitrogens with zero attached hydrogens (tertiary/aromatic N) is 2. The molecule has 0 spiro atoms. The highest BCUT2D eigenvalue weighted by Crippen LogP contribution is 2.21. The zero-order valence-corrected chi connectivity index (χ0v) is 8.42. The Morgan fingerprint density at radius 3 is 2.64 bits per heavy atom. The Morgan fingerprint density at radius 1 is 1.50 bits per heavy atom. The molecule has 4 heteroatoms. The minimum Gasteiger partial charge on any atom is -0.382 e. The van der Waals surface area contributed by atoms with Crippen LogP contribution in [0.15, 0.2) is 11.1 Å². The number of nitriles is 1. The first kappa shape index (κ1) is 9.66. The van der Waals surface area contributed by atoms with E-state index in [-0.39, 0.29) is 6.04 Å². The maximum Gasteiger partial charge on any atom is 0.122 e. The summed E-state index contributed by atoms with van der Waals surface area (Å²) in [6, 6.07) is 2.20. The van der Waals surface area contributed by atoms with Gasteiger partial charge in [-0.3, -0.25) is 4.90 Å². The number of ether oxygens (including phenoxy) is 1. The minimum absolute atomic E-state index is 0.0920. The molecule has 2 aliphatic rings. The number of nitrogens with one attached hydrogen (secondary N) is 1. The van der Waals surface area contributed by atoms with Gasteiger partial charge in [-0.1, -0.05) is 0 Å². The standard InChI is InChI=1S/C10H15N3O/c1-14-7-10(2-11)13-5-8-3-12-4-9(8)6-13/h10,12H,3-7H2,1H3. The van der Waals surface area contributed by atoms with Crippen LogP contribution in [0.2, 0.25) is 0 Å². The maximum absolute atomic E-state index is 8.97. The van der Waals surface area contributed by atoms with Crippen LogP contribution in [0.3, 0.4) is 0 Å². The van der Waals surface area contributed by atoms with Crippen molar-refractivity contribution < 1.29 is 4.74 Å². The van der Waals surface area contributed by atoms with E-state index in [9.17, 15) is 0 Å². The van der Waals surface area contributed by atoms with Crippen LogP contribution in [-0.2, 0) is 4.74 Å². The lowest BCUT2D eigenvalue weighted by molar-refractivity contribution is 0.132. The summed E-state index contributed by atoms with van der Waals surface area (Å²) in [4.78, 5) is 2.19. The van der Waals surface area contributed by atoms with Gasteiger partial charge >= 0.3 is 0 Å². The van der Waals surface area contributed by atoms with Crippen molar-refractivity contribution in [2.75, 3.05) is 39.9 Å². The van der Waals surface area contributed by atoms with Gasteiger partial charge in [0, 0.05) is 33.3 Å². The van der Waals surface area contributed by atoms with Crippen molar-refractivity contribution in [3.8, 4) is 6.07 Å². The number of hydrogen-bond donors (Lipinski definition) is 1. The third kappa shape index (κ3) is 1.67. The molecule has 2 heterocycles. The Labute approximate surface area is 84.1 Å². The monoisotopic (exact) mass is 193 g/mol. The molecular formula is C10H15N3O. The zero-order chi connectivity index (χ0) is 9.97. The summed E-state index contributed by atoms with van der Waals surface area (Å²) in [6.07, 6.45) is 0. The summed E-state index contributed by atoms with van der Waals surface area (Å²) in [7, 11) is 1.64. The predicted octanol–water partition coefficient (Wildman–Crippen LogP) is -0.260. The summed E-state index contributed by atoms with van der Waals surface area (Å²) in [5.41, 5.74) is 2.95. The predicted molar refractivity (Wildman–Crippen MR) is 52.7 cm³/mol. The van der Waals surface area contributed by atoms with E-state index in [1.807, 2.05) is 0 Å². The summed E-state index contributed by atoms with van der Waals surface area (Å²) in [5, 5.41) is 12.3. The van der Waals surface area contributed by atoms with E-state index in [2.05, 4.69) is 16.3 Å². The molecule has 0 aliphatic carbocycles. The van der Waals surface area contributed by atoms with E-state index in [0.29, 0.717) is 6.61 Å². The van der Waals surface area contributed by atoms with Crippen LogP contribution in [0.5, 0.6) is 0 Å². The van der Waals surface area contributed by atoms with Crippen molar-refractivity contribution in [2.45, 2.75) is 6.04 Å². The summed E-state index contributed by atoms with van der Waals surface area (Å²) in [5.74, 6) is 0. The quantitative estimate of drug-likeness (QED) is 0.627. The largest absolute Gasteiger partial charge is 0.382 e. The van der Waals surface area contributed by atoms with Crippen LogP contribution in [-0.4, -0.2) is 50.8 Å². The van der Waals surface area contributed by atoms with Crippen molar-refractivity contribution in [3.05, 3.63) is 11.1 Å². The van der Waals surface area contributed by atoms with Crippen molar-refractivity contribution in [1.29, 1.82) is 5.26 Å². The second kappa shape index (κ2) is 4.09. The lowest BCUT2D eigenvalue weighted by atomic mass is 10.2. The second-order valence-electron chi connectivity index (χ2n) is 3.82. The van der Waals surface area contributed by atoms with Crippen LogP contribution in [0.1, 0.15) is 0 Å². The molecule has 1 unspecified atom stereocenters. The van der Waals surface area contributed by atoms with Gasteiger partial charge in [0.1, 0.15) is 6.04 Å². The molecule has 0 saturated carbocycles. The van der Waals surface area contributed by atoms with Crippen LogP contribution in [0.25, 0.3) is 0 Å². The van der Waals surface area contributed by atoms with Gasteiger partial charge in [0.15, 0.2) is 0 Å². The maximum atomic E-state index is 8.97. The Balaban J connectivity index is 1.94. The van der Waals surface area contributed by atoms with Gasteiger partial charge in [0.25, 0.3) is 0 Å².